The normalized spacial score (nSPS) is 13.3. The molecule has 2 unspecified atom stereocenters. The minimum absolute atomic E-state index is 0.0351. The number of unbranched alkanes of at least 4 members (excludes halogenated alkanes) is 46. The quantitative estimate of drug-likeness (QED) is 0.0211. The highest BCUT2D eigenvalue weighted by Crippen LogP contribution is 2.43. The van der Waals surface area contributed by atoms with Crippen LogP contribution in [-0.2, 0) is 32.7 Å². The first-order valence-corrected chi connectivity index (χ1v) is 35.6. The topological polar surface area (TPSA) is 108 Å². The van der Waals surface area contributed by atoms with Crippen LogP contribution in [0.5, 0.6) is 0 Å². The van der Waals surface area contributed by atoms with Crippen LogP contribution in [0.4, 0.5) is 0 Å². The monoisotopic (exact) mass is 1120 g/mol. The summed E-state index contributed by atoms with van der Waals surface area (Å²) in [5.41, 5.74) is 0. The Kier molecular flexibility index (Phi) is 58.9. The molecule has 0 aromatic carbocycles. The van der Waals surface area contributed by atoms with E-state index in [4.69, 9.17) is 18.5 Å². The molecule has 78 heavy (non-hydrogen) atoms. The lowest BCUT2D eigenvalue weighted by Crippen LogP contribution is -2.37. The van der Waals surface area contributed by atoms with Crippen LogP contribution in [0.25, 0.3) is 0 Å². The van der Waals surface area contributed by atoms with E-state index in [1.807, 2.05) is 21.1 Å². The second kappa shape index (κ2) is 60.1. The molecule has 2 atom stereocenters. The average Bonchev–Trinajstić information content (AvgIpc) is 3.41. The third kappa shape index (κ3) is 63.7. The van der Waals surface area contributed by atoms with Crippen LogP contribution >= 0.6 is 7.82 Å². The second-order valence-corrected chi connectivity index (χ2v) is 26.0. The van der Waals surface area contributed by atoms with Gasteiger partial charge in [-0.25, -0.2) is 4.57 Å². The molecule has 0 saturated carbocycles. The van der Waals surface area contributed by atoms with Crippen LogP contribution in [-0.4, -0.2) is 74.9 Å². The average molecular weight is 1120 g/mol. The Hall–Kier alpha value is -1.51. The van der Waals surface area contributed by atoms with Crippen molar-refractivity contribution in [2.24, 2.45) is 0 Å². The van der Waals surface area contributed by atoms with E-state index in [0.29, 0.717) is 23.9 Å². The molecule has 1 N–H and O–H groups in total. The summed E-state index contributed by atoms with van der Waals surface area (Å²) >= 11 is 0. The van der Waals surface area contributed by atoms with Gasteiger partial charge in [-0.05, 0) is 44.9 Å². The molecule has 0 saturated heterocycles. The zero-order chi connectivity index (χ0) is 57.0. The van der Waals surface area contributed by atoms with E-state index in [9.17, 15) is 19.0 Å². The van der Waals surface area contributed by atoms with Crippen LogP contribution in [0.3, 0.4) is 0 Å². The minimum Gasteiger partial charge on any atom is -0.462 e. The van der Waals surface area contributed by atoms with Gasteiger partial charge < -0.3 is 18.9 Å². The lowest BCUT2D eigenvalue weighted by molar-refractivity contribution is -0.870. The van der Waals surface area contributed by atoms with Gasteiger partial charge in [0.05, 0.1) is 27.7 Å². The van der Waals surface area contributed by atoms with Crippen LogP contribution < -0.4 is 0 Å². The molecule has 0 fully saturated rings. The van der Waals surface area contributed by atoms with Crippen molar-refractivity contribution in [2.75, 3.05) is 47.5 Å². The van der Waals surface area contributed by atoms with Gasteiger partial charge in [0.15, 0.2) is 6.10 Å². The summed E-state index contributed by atoms with van der Waals surface area (Å²) in [6.45, 7) is 4.50. The number of allylic oxidation sites excluding steroid dienone is 4. The number of hydrogen-bond acceptors (Lipinski definition) is 7. The van der Waals surface area contributed by atoms with Crippen molar-refractivity contribution in [1.29, 1.82) is 0 Å². The first-order valence-electron chi connectivity index (χ1n) is 34.1. The zero-order valence-electron chi connectivity index (χ0n) is 52.7. The molecular weight excluding hydrogens is 990 g/mol. The maximum absolute atomic E-state index is 12.9. The van der Waals surface area contributed by atoms with Gasteiger partial charge in [-0.1, -0.05) is 314 Å². The summed E-state index contributed by atoms with van der Waals surface area (Å²) in [5.74, 6) is -0.775. The van der Waals surface area contributed by atoms with E-state index in [1.54, 1.807) is 0 Å². The predicted octanol–water partition coefficient (Wildman–Crippen LogP) is 21.7. The molecular formula is C68H133NO8P+. The van der Waals surface area contributed by atoms with E-state index in [-0.39, 0.29) is 25.6 Å². The van der Waals surface area contributed by atoms with Crippen LogP contribution in [0, 0.1) is 0 Å². The number of esters is 2. The lowest BCUT2D eigenvalue weighted by Gasteiger charge is -2.24. The van der Waals surface area contributed by atoms with E-state index in [0.717, 1.165) is 38.5 Å². The fourth-order valence-corrected chi connectivity index (χ4v) is 11.0. The highest BCUT2D eigenvalue weighted by atomic mass is 31.2. The maximum atomic E-state index is 12.9. The molecule has 0 radical (unpaired) electrons. The van der Waals surface area contributed by atoms with Crippen LogP contribution in [0.15, 0.2) is 24.3 Å². The molecule has 0 aliphatic heterocycles. The standard InChI is InChI=1S/C68H132NO8P/c1-6-8-10-12-14-16-18-20-22-24-26-28-30-32-34-36-38-40-42-44-46-48-50-52-54-56-58-60-67(70)74-64-66(65-76-78(72,73)75-63-62-69(3,4)5)77-68(71)61-59-57-55-53-51-49-47-45-43-41-39-37-35-33-31-29-27-25-23-21-19-17-15-13-11-9-7-2/h19,21,25,27,66H,6-18,20,22-24,26,28-65H2,1-5H3/p+1/b21-19-,27-25-. The SMILES string of the molecule is CCCCCCC/C=C\C/C=C\CCCCCCCCCCCCCCCCCC(=O)OC(COC(=O)CCCCCCCCCCCCCCCCCCCCCCCCCCCCC)COP(=O)(O)OCC[N+](C)(C)C. The van der Waals surface area contributed by atoms with Crippen LogP contribution in [0.1, 0.15) is 348 Å². The van der Waals surface area contributed by atoms with Gasteiger partial charge in [-0.3, -0.25) is 18.6 Å². The summed E-state index contributed by atoms with van der Waals surface area (Å²) in [4.78, 5) is 35.8. The molecule has 0 aromatic rings. The van der Waals surface area contributed by atoms with Crippen molar-refractivity contribution in [3.63, 3.8) is 0 Å². The molecule has 0 aromatic heterocycles. The molecule has 9 nitrogen and oxygen atoms in total. The Bertz CT molecular complexity index is 1370. The molecule has 0 bridgehead atoms. The number of ether oxygens (including phenoxy) is 2. The van der Waals surface area contributed by atoms with Gasteiger partial charge in [0.2, 0.25) is 0 Å². The number of nitrogens with zero attached hydrogens (tertiary/aromatic N) is 1. The third-order valence-electron chi connectivity index (χ3n) is 15.5. The van der Waals surface area contributed by atoms with Gasteiger partial charge >= 0.3 is 19.8 Å². The number of quaternary nitrogens is 1. The van der Waals surface area contributed by atoms with Crippen LogP contribution in [0.2, 0.25) is 0 Å². The number of rotatable bonds is 64. The van der Waals surface area contributed by atoms with Gasteiger partial charge in [-0.15, -0.1) is 0 Å². The lowest BCUT2D eigenvalue weighted by atomic mass is 10.0. The first kappa shape index (κ1) is 76.5. The fourth-order valence-electron chi connectivity index (χ4n) is 10.2. The fraction of sp³-hybridized carbons (Fsp3) is 0.912. The number of carbonyl (C=O) groups is 2. The van der Waals surface area contributed by atoms with Crippen molar-refractivity contribution >= 4 is 19.8 Å². The molecule has 0 aliphatic carbocycles. The minimum atomic E-state index is -4.39. The smallest absolute Gasteiger partial charge is 0.462 e. The highest BCUT2D eigenvalue weighted by Gasteiger charge is 2.27. The van der Waals surface area contributed by atoms with E-state index >= 15 is 0 Å². The van der Waals surface area contributed by atoms with Gasteiger partial charge in [0, 0.05) is 12.8 Å². The molecule has 0 rings (SSSR count). The Morgan fingerprint density at radius 2 is 0.692 bits per heavy atom. The summed E-state index contributed by atoms with van der Waals surface area (Å²) in [5, 5.41) is 0. The number of phosphoric acid groups is 1. The second-order valence-electron chi connectivity index (χ2n) is 24.6. The number of carbonyl (C=O) groups excluding carboxylic acids is 2. The van der Waals surface area contributed by atoms with E-state index in [1.165, 1.54) is 276 Å². The van der Waals surface area contributed by atoms with E-state index in [2.05, 4.69) is 38.2 Å². The third-order valence-corrected chi connectivity index (χ3v) is 16.5. The van der Waals surface area contributed by atoms with Crippen molar-refractivity contribution in [1.82, 2.24) is 0 Å². The largest absolute Gasteiger partial charge is 0.472 e. The summed E-state index contributed by atoms with van der Waals surface area (Å²) < 4.78 is 34.7. The van der Waals surface area contributed by atoms with Crippen molar-refractivity contribution in [3.8, 4) is 0 Å². The number of hydrogen-bond donors (Lipinski definition) is 1. The predicted molar refractivity (Wildman–Crippen MR) is 335 cm³/mol. The van der Waals surface area contributed by atoms with E-state index < -0.39 is 26.5 Å². The first-order chi connectivity index (χ1) is 38.0. The molecule has 0 heterocycles. The van der Waals surface area contributed by atoms with Gasteiger partial charge in [0.1, 0.15) is 19.8 Å². The molecule has 462 valence electrons. The van der Waals surface area contributed by atoms with Crippen molar-refractivity contribution in [3.05, 3.63) is 24.3 Å². The summed E-state index contributed by atoms with van der Waals surface area (Å²) in [6, 6.07) is 0. The van der Waals surface area contributed by atoms with Gasteiger partial charge in [0.25, 0.3) is 0 Å². The zero-order valence-corrected chi connectivity index (χ0v) is 53.6. The van der Waals surface area contributed by atoms with Gasteiger partial charge in [-0.2, -0.15) is 0 Å². The number of likely N-dealkylation sites (N-methyl/N-ethyl adjacent to an activating group) is 1. The highest BCUT2D eigenvalue weighted by molar-refractivity contribution is 7.47. The molecule has 0 aliphatic rings. The Morgan fingerprint density at radius 3 is 1.01 bits per heavy atom. The Balaban J connectivity index is 4.02. The number of phosphoric ester groups is 1. The molecule has 10 heteroatoms. The van der Waals surface area contributed by atoms with Crippen molar-refractivity contribution < 1.29 is 42.1 Å². The molecule has 0 amide bonds. The summed E-state index contributed by atoms with van der Waals surface area (Å²) in [7, 11) is 1.50. The Morgan fingerprint density at radius 1 is 0.397 bits per heavy atom. The van der Waals surface area contributed by atoms with Crippen molar-refractivity contribution in [2.45, 2.75) is 354 Å². The Labute approximate surface area is 485 Å². The maximum Gasteiger partial charge on any atom is 0.472 e. The molecule has 0 spiro atoms. The summed E-state index contributed by atoms with van der Waals surface area (Å²) in [6.07, 6.45) is 74.2.